The average Bonchev–Trinajstić information content (AvgIpc) is 3.31. The summed E-state index contributed by atoms with van der Waals surface area (Å²) in [4.78, 5) is 31.7. The first-order valence-electron chi connectivity index (χ1n) is 12.2. The van der Waals surface area contributed by atoms with Gasteiger partial charge in [-0.15, -0.1) is 0 Å². The number of carbonyl (C=O) groups is 1. The lowest BCUT2D eigenvalue weighted by Crippen LogP contribution is -2.09. The fourth-order valence-corrected chi connectivity index (χ4v) is 4.26. The van der Waals surface area contributed by atoms with Crippen molar-refractivity contribution in [1.82, 2.24) is 24.5 Å². The summed E-state index contributed by atoms with van der Waals surface area (Å²) in [5.74, 6) is 2.11. The van der Waals surface area contributed by atoms with Gasteiger partial charge in [-0.1, -0.05) is 42.5 Å². The lowest BCUT2D eigenvalue weighted by Gasteiger charge is -2.16. The predicted octanol–water partition coefficient (Wildman–Crippen LogP) is 4.65. The second-order valence-electron chi connectivity index (χ2n) is 8.46. The SMILES string of the molecule is CCOc1cccc(-c2nc3ncc(CC(=O)Cc4ccccc4)nc3n2-c2c(OC)cccc2OC)n1. The number of aromatic nitrogens is 5. The maximum Gasteiger partial charge on any atom is 0.213 e. The van der Waals surface area contributed by atoms with Gasteiger partial charge in [0.2, 0.25) is 5.88 Å². The summed E-state index contributed by atoms with van der Waals surface area (Å²) in [5.41, 5.74) is 3.51. The third kappa shape index (κ3) is 5.04. The highest BCUT2D eigenvalue weighted by molar-refractivity contribution is 5.84. The highest BCUT2D eigenvalue weighted by Gasteiger charge is 2.24. The van der Waals surface area contributed by atoms with Crippen molar-refractivity contribution in [3.63, 3.8) is 0 Å². The number of ketones is 1. The number of imidazole rings is 1. The lowest BCUT2D eigenvalue weighted by molar-refractivity contribution is -0.117. The lowest BCUT2D eigenvalue weighted by atomic mass is 10.1. The van der Waals surface area contributed by atoms with Crippen LogP contribution in [0.2, 0.25) is 0 Å². The molecular formula is C29H27N5O4. The first-order chi connectivity index (χ1) is 18.6. The van der Waals surface area contributed by atoms with Crippen LogP contribution in [0.1, 0.15) is 18.2 Å². The zero-order chi connectivity index (χ0) is 26.5. The number of nitrogens with zero attached hydrogens (tertiary/aromatic N) is 5. The van der Waals surface area contributed by atoms with Crippen molar-refractivity contribution in [2.75, 3.05) is 20.8 Å². The number of hydrogen-bond donors (Lipinski definition) is 0. The number of Topliss-reactive ketones (excluding diaryl/α,β-unsaturated/α-hetero) is 1. The van der Waals surface area contributed by atoms with Crippen molar-refractivity contribution in [3.8, 4) is 34.6 Å². The number of pyridine rings is 1. The number of para-hydroxylation sites is 1. The second-order valence-corrected chi connectivity index (χ2v) is 8.46. The van der Waals surface area contributed by atoms with Gasteiger partial charge in [-0.2, -0.15) is 0 Å². The summed E-state index contributed by atoms with van der Waals surface area (Å²) in [6, 6.07) is 20.6. The number of carbonyl (C=O) groups excluding carboxylic acids is 1. The van der Waals surface area contributed by atoms with E-state index in [2.05, 4.69) is 9.97 Å². The van der Waals surface area contributed by atoms with E-state index < -0.39 is 0 Å². The van der Waals surface area contributed by atoms with E-state index in [1.165, 1.54) is 0 Å². The van der Waals surface area contributed by atoms with Gasteiger partial charge in [-0.05, 0) is 30.7 Å². The highest BCUT2D eigenvalue weighted by Crippen LogP contribution is 2.37. The van der Waals surface area contributed by atoms with Crippen LogP contribution in [0.3, 0.4) is 0 Å². The third-order valence-electron chi connectivity index (χ3n) is 5.91. The molecule has 5 rings (SSSR count). The molecule has 3 heterocycles. The van der Waals surface area contributed by atoms with Crippen molar-refractivity contribution >= 4 is 17.1 Å². The molecule has 0 bridgehead atoms. The monoisotopic (exact) mass is 509 g/mol. The van der Waals surface area contributed by atoms with Crippen molar-refractivity contribution in [2.45, 2.75) is 19.8 Å². The summed E-state index contributed by atoms with van der Waals surface area (Å²) in [7, 11) is 3.18. The largest absolute Gasteiger partial charge is 0.494 e. The van der Waals surface area contributed by atoms with E-state index in [1.807, 2.05) is 72.2 Å². The summed E-state index contributed by atoms with van der Waals surface area (Å²) in [6.45, 7) is 2.38. The molecule has 3 aromatic heterocycles. The molecule has 38 heavy (non-hydrogen) atoms. The van der Waals surface area contributed by atoms with Crippen molar-refractivity contribution in [3.05, 3.63) is 84.2 Å². The molecule has 0 aliphatic rings. The van der Waals surface area contributed by atoms with Gasteiger partial charge in [-0.3, -0.25) is 9.36 Å². The molecule has 0 N–H and O–H groups in total. The Bertz CT molecular complexity index is 1560. The molecule has 0 aliphatic heterocycles. The first-order valence-corrected chi connectivity index (χ1v) is 12.2. The molecule has 0 saturated heterocycles. The predicted molar refractivity (Wildman–Crippen MR) is 143 cm³/mol. The zero-order valence-corrected chi connectivity index (χ0v) is 21.4. The molecule has 0 aliphatic carbocycles. The fourth-order valence-electron chi connectivity index (χ4n) is 4.26. The van der Waals surface area contributed by atoms with E-state index in [1.54, 1.807) is 26.5 Å². The summed E-state index contributed by atoms with van der Waals surface area (Å²) >= 11 is 0. The smallest absolute Gasteiger partial charge is 0.213 e. The molecule has 0 amide bonds. The molecule has 9 nitrogen and oxygen atoms in total. The minimum Gasteiger partial charge on any atom is -0.494 e. The van der Waals surface area contributed by atoms with E-state index in [4.69, 9.17) is 24.2 Å². The molecule has 0 spiro atoms. The Morgan fingerprint density at radius 3 is 2.29 bits per heavy atom. The Hall–Kier alpha value is -4.79. The fraction of sp³-hybridized carbons (Fsp3) is 0.207. The van der Waals surface area contributed by atoms with Gasteiger partial charge in [0, 0.05) is 12.5 Å². The number of ether oxygens (including phenoxy) is 3. The minimum atomic E-state index is 0.0390. The van der Waals surface area contributed by atoms with Crippen LogP contribution in [0.4, 0.5) is 0 Å². The molecule has 0 atom stereocenters. The van der Waals surface area contributed by atoms with Gasteiger partial charge in [0.1, 0.15) is 28.7 Å². The van der Waals surface area contributed by atoms with E-state index in [0.717, 1.165) is 5.56 Å². The quantitative estimate of drug-likeness (QED) is 0.268. The Kier molecular flexibility index (Phi) is 7.26. The molecule has 5 aromatic rings. The van der Waals surface area contributed by atoms with Crippen LogP contribution >= 0.6 is 0 Å². The molecule has 0 fully saturated rings. The summed E-state index contributed by atoms with van der Waals surface area (Å²) < 4.78 is 18.8. The van der Waals surface area contributed by atoms with Crippen LogP contribution in [-0.4, -0.2) is 51.1 Å². The third-order valence-corrected chi connectivity index (χ3v) is 5.91. The van der Waals surface area contributed by atoms with Crippen molar-refractivity contribution < 1.29 is 19.0 Å². The van der Waals surface area contributed by atoms with E-state index in [9.17, 15) is 4.79 Å². The molecule has 9 heteroatoms. The van der Waals surface area contributed by atoms with Gasteiger partial charge >= 0.3 is 0 Å². The molecule has 0 radical (unpaired) electrons. The Balaban J connectivity index is 1.66. The van der Waals surface area contributed by atoms with Crippen LogP contribution < -0.4 is 14.2 Å². The Labute approximate surface area is 220 Å². The Morgan fingerprint density at radius 2 is 1.58 bits per heavy atom. The molecule has 192 valence electrons. The first kappa shape index (κ1) is 24.9. The number of fused-ring (bicyclic) bond motifs is 1. The van der Waals surface area contributed by atoms with E-state index in [0.29, 0.717) is 64.6 Å². The van der Waals surface area contributed by atoms with Crippen LogP contribution in [0.15, 0.2) is 72.9 Å². The number of methoxy groups -OCH3 is 2. The van der Waals surface area contributed by atoms with Gasteiger partial charge in [0.05, 0.1) is 39.1 Å². The molecule has 2 aromatic carbocycles. The second kappa shape index (κ2) is 11.1. The molecule has 0 unspecified atom stereocenters. The number of hydrogen-bond acceptors (Lipinski definition) is 8. The zero-order valence-electron chi connectivity index (χ0n) is 21.4. The van der Waals surface area contributed by atoms with E-state index >= 15 is 0 Å². The van der Waals surface area contributed by atoms with Crippen molar-refractivity contribution in [2.24, 2.45) is 0 Å². The molecular weight excluding hydrogens is 482 g/mol. The Morgan fingerprint density at radius 1 is 0.842 bits per heavy atom. The number of benzene rings is 2. The number of rotatable bonds is 10. The normalized spacial score (nSPS) is 10.9. The summed E-state index contributed by atoms with van der Waals surface area (Å²) in [5, 5.41) is 0. The van der Waals surface area contributed by atoms with Gasteiger partial charge in [-0.25, -0.2) is 19.9 Å². The van der Waals surface area contributed by atoms with Crippen LogP contribution in [0.5, 0.6) is 17.4 Å². The van der Waals surface area contributed by atoms with Crippen LogP contribution in [-0.2, 0) is 17.6 Å². The topological polar surface area (TPSA) is 101 Å². The van der Waals surface area contributed by atoms with Crippen molar-refractivity contribution in [1.29, 1.82) is 0 Å². The minimum absolute atomic E-state index is 0.0390. The maximum atomic E-state index is 12.8. The van der Waals surface area contributed by atoms with E-state index in [-0.39, 0.29) is 12.2 Å². The van der Waals surface area contributed by atoms with Gasteiger partial charge in [0.25, 0.3) is 0 Å². The highest BCUT2D eigenvalue weighted by atomic mass is 16.5. The maximum absolute atomic E-state index is 12.8. The van der Waals surface area contributed by atoms with Crippen LogP contribution in [0, 0.1) is 0 Å². The van der Waals surface area contributed by atoms with Crippen LogP contribution in [0.25, 0.3) is 28.5 Å². The molecule has 0 saturated carbocycles. The summed E-state index contributed by atoms with van der Waals surface area (Å²) in [6.07, 6.45) is 2.05. The van der Waals surface area contributed by atoms with Gasteiger partial charge < -0.3 is 14.2 Å². The van der Waals surface area contributed by atoms with Gasteiger partial charge in [0.15, 0.2) is 17.1 Å². The standard InChI is InChI=1S/C29H27N5O4/c1-4-38-25-15-8-12-22(32-25)28-33-27-29(34(28)26-23(36-2)13-9-14-24(26)37-3)31-20(18-30-27)17-21(35)16-19-10-6-5-7-11-19/h5-15,18H,4,16-17H2,1-3H3. The average molecular weight is 510 g/mol.